The van der Waals surface area contributed by atoms with E-state index in [1.54, 1.807) is 11.9 Å². The minimum absolute atomic E-state index is 0.00751. The van der Waals surface area contributed by atoms with Crippen LogP contribution in [-0.2, 0) is 0 Å². The Morgan fingerprint density at radius 1 is 1.26 bits per heavy atom. The summed E-state index contributed by atoms with van der Waals surface area (Å²) in [4.78, 5) is 21.8. The van der Waals surface area contributed by atoms with Gasteiger partial charge >= 0.3 is 0 Å². The second kappa shape index (κ2) is 8.13. The Kier molecular flexibility index (Phi) is 6.19. The van der Waals surface area contributed by atoms with Crippen molar-refractivity contribution in [1.82, 2.24) is 14.9 Å². The molecule has 2 aromatic rings. The summed E-state index contributed by atoms with van der Waals surface area (Å²) in [7, 11) is 1.79. The van der Waals surface area contributed by atoms with E-state index in [9.17, 15) is 4.79 Å². The van der Waals surface area contributed by atoms with Crippen LogP contribution in [0.4, 0.5) is 5.82 Å². The SMILES string of the molecule is Cc1ccc(C(=O)N(C)CCCNc2nc(Cl)ncc2Cl)cc1. The summed E-state index contributed by atoms with van der Waals surface area (Å²) < 4.78 is 0. The minimum Gasteiger partial charge on any atom is -0.369 e. The van der Waals surface area contributed by atoms with Crippen molar-refractivity contribution in [2.24, 2.45) is 0 Å². The Morgan fingerprint density at radius 3 is 2.65 bits per heavy atom. The van der Waals surface area contributed by atoms with Crippen LogP contribution < -0.4 is 5.32 Å². The largest absolute Gasteiger partial charge is 0.369 e. The van der Waals surface area contributed by atoms with Crippen LogP contribution in [0.3, 0.4) is 0 Å². The van der Waals surface area contributed by atoms with Crippen molar-refractivity contribution in [2.45, 2.75) is 13.3 Å². The third-order valence-electron chi connectivity index (χ3n) is 3.32. The van der Waals surface area contributed by atoms with Crippen molar-refractivity contribution in [3.8, 4) is 0 Å². The van der Waals surface area contributed by atoms with Crippen LogP contribution in [0, 0.1) is 6.92 Å². The molecule has 0 radical (unpaired) electrons. The lowest BCUT2D eigenvalue weighted by atomic mass is 10.1. The highest BCUT2D eigenvalue weighted by Gasteiger charge is 2.11. The zero-order valence-corrected chi connectivity index (χ0v) is 14.5. The summed E-state index contributed by atoms with van der Waals surface area (Å²) in [6, 6.07) is 7.55. The first-order valence-corrected chi connectivity index (χ1v) is 7.97. The molecule has 1 amide bonds. The number of carbonyl (C=O) groups excluding carboxylic acids is 1. The van der Waals surface area contributed by atoms with Gasteiger partial charge in [-0.05, 0) is 37.1 Å². The smallest absolute Gasteiger partial charge is 0.253 e. The highest BCUT2D eigenvalue weighted by Crippen LogP contribution is 2.19. The lowest BCUT2D eigenvalue weighted by molar-refractivity contribution is 0.0794. The van der Waals surface area contributed by atoms with Gasteiger partial charge < -0.3 is 10.2 Å². The first-order valence-electron chi connectivity index (χ1n) is 7.21. The standard InChI is InChI=1S/C16H18Cl2N4O/c1-11-4-6-12(7-5-11)15(23)22(2)9-3-8-19-14-13(17)10-20-16(18)21-14/h4-7,10H,3,8-9H2,1-2H3,(H,19,20,21). The normalized spacial score (nSPS) is 10.4. The first kappa shape index (κ1) is 17.5. The van der Waals surface area contributed by atoms with Crippen LogP contribution >= 0.6 is 23.2 Å². The maximum atomic E-state index is 12.3. The number of anilines is 1. The van der Waals surface area contributed by atoms with E-state index in [1.165, 1.54) is 6.20 Å². The average molecular weight is 353 g/mol. The molecular formula is C16H18Cl2N4O. The molecule has 0 unspecified atom stereocenters. The molecule has 0 aliphatic rings. The number of halogens is 2. The first-order chi connectivity index (χ1) is 11.0. The van der Waals surface area contributed by atoms with E-state index in [2.05, 4.69) is 15.3 Å². The Morgan fingerprint density at radius 2 is 1.96 bits per heavy atom. The number of amides is 1. The molecule has 122 valence electrons. The van der Waals surface area contributed by atoms with E-state index >= 15 is 0 Å². The van der Waals surface area contributed by atoms with Crippen molar-refractivity contribution in [3.05, 3.63) is 51.9 Å². The van der Waals surface area contributed by atoms with Crippen molar-refractivity contribution in [1.29, 1.82) is 0 Å². The van der Waals surface area contributed by atoms with Gasteiger partial charge in [0.05, 0.1) is 6.20 Å². The second-order valence-corrected chi connectivity index (χ2v) is 5.95. The van der Waals surface area contributed by atoms with Gasteiger partial charge in [-0.3, -0.25) is 4.79 Å². The molecule has 0 bridgehead atoms. The fraction of sp³-hybridized carbons (Fsp3) is 0.312. The molecule has 1 N–H and O–H groups in total. The molecule has 7 heteroatoms. The van der Waals surface area contributed by atoms with E-state index in [0.717, 1.165) is 12.0 Å². The van der Waals surface area contributed by atoms with Gasteiger partial charge in [-0.25, -0.2) is 4.98 Å². The summed E-state index contributed by atoms with van der Waals surface area (Å²) >= 11 is 11.7. The number of nitrogens with one attached hydrogen (secondary N) is 1. The van der Waals surface area contributed by atoms with Crippen LogP contribution in [0.5, 0.6) is 0 Å². The molecule has 23 heavy (non-hydrogen) atoms. The monoisotopic (exact) mass is 352 g/mol. The molecular weight excluding hydrogens is 335 g/mol. The fourth-order valence-corrected chi connectivity index (χ4v) is 2.30. The molecule has 0 saturated heterocycles. The predicted octanol–water partition coefficient (Wildman–Crippen LogP) is 3.67. The number of hydrogen-bond donors (Lipinski definition) is 1. The van der Waals surface area contributed by atoms with E-state index in [4.69, 9.17) is 23.2 Å². The van der Waals surface area contributed by atoms with E-state index in [0.29, 0.717) is 29.5 Å². The van der Waals surface area contributed by atoms with Gasteiger partial charge in [0.15, 0.2) is 0 Å². The quantitative estimate of drug-likeness (QED) is 0.636. The number of aromatic nitrogens is 2. The van der Waals surface area contributed by atoms with Crippen molar-refractivity contribution >= 4 is 34.9 Å². The Hall–Kier alpha value is -1.85. The zero-order chi connectivity index (χ0) is 16.8. The number of benzene rings is 1. The van der Waals surface area contributed by atoms with Crippen LogP contribution in [0.15, 0.2) is 30.5 Å². The number of rotatable bonds is 6. The lowest BCUT2D eigenvalue weighted by Crippen LogP contribution is -2.28. The van der Waals surface area contributed by atoms with Gasteiger partial charge in [-0.2, -0.15) is 4.98 Å². The van der Waals surface area contributed by atoms with Crippen LogP contribution in [0.2, 0.25) is 10.3 Å². The molecule has 0 saturated carbocycles. The molecule has 0 spiro atoms. The van der Waals surface area contributed by atoms with Gasteiger partial charge in [0.1, 0.15) is 10.8 Å². The lowest BCUT2D eigenvalue weighted by Gasteiger charge is -2.17. The molecule has 5 nitrogen and oxygen atoms in total. The molecule has 1 aromatic carbocycles. The number of nitrogens with zero attached hydrogens (tertiary/aromatic N) is 3. The average Bonchev–Trinajstić information content (AvgIpc) is 2.54. The Labute approximate surface area is 145 Å². The van der Waals surface area contributed by atoms with Gasteiger partial charge in [0, 0.05) is 25.7 Å². The summed E-state index contributed by atoms with van der Waals surface area (Å²) in [6.45, 7) is 3.24. The van der Waals surface area contributed by atoms with E-state index in [-0.39, 0.29) is 11.2 Å². The summed E-state index contributed by atoms with van der Waals surface area (Å²) in [5.74, 6) is 0.507. The minimum atomic E-state index is 0.00751. The van der Waals surface area contributed by atoms with Crippen LogP contribution in [0.1, 0.15) is 22.3 Å². The maximum Gasteiger partial charge on any atom is 0.253 e. The van der Waals surface area contributed by atoms with Gasteiger partial charge in [-0.1, -0.05) is 29.3 Å². The summed E-state index contributed by atoms with van der Waals surface area (Å²) in [6.07, 6.45) is 2.21. The maximum absolute atomic E-state index is 12.3. The summed E-state index contributed by atoms with van der Waals surface area (Å²) in [5.41, 5.74) is 1.82. The Bertz CT molecular complexity index is 676. The van der Waals surface area contributed by atoms with E-state index in [1.807, 2.05) is 31.2 Å². The van der Waals surface area contributed by atoms with Crippen LogP contribution in [-0.4, -0.2) is 40.9 Å². The third-order valence-corrected chi connectivity index (χ3v) is 3.78. The number of hydrogen-bond acceptors (Lipinski definition) is 4. The topological polar surface area (TPSA) is 58.1 Å². The molecule has 0 aliphatic carbocycles. The molecule has 1 aromatic heterocycles. The van der Waals surface area contributed by atoms with Gasteiger partial charge in [-0.15, -0.1) is 0 Å². The van der Waals surface area contributed by atoms with Crippen molar-refractivity contribution < 1.29 is 4.79 Å². The molecule has 0 fully saturated rings. The highest BCUT2D eigenvalue weighted by molar-refractivity contribution is 6.33. The molecule has 2 rings (SSSR count). The Balaban J connectivity index is 1.80. The molecule has 1 heterocycles. The van der Waals surface area contributed by atoms with Gasteiger partial charge in [0.2, 0.25) is 5.28 Å². The molecule has 0 atom stereocenters. The van der Waals surface area contributed by atoms with E-state index < -0.39 is 0 Å². The predicted molar refractivity (Wildman–Crippen MR) is 93.3 cm³/mol. The van der Waals surface area contributed by atoms with Crippen molar-refractivity contribution in [3.63, 3.8) is 0 Å². The fourth-order valence-electron chi connectivity index (χ4n) is 2.01. The highest BCUT2D eigenvalue weighted by atomic mass is 35.5. The van der Waals surface area contributed by atoms with Crippen LogP contribution in [0.25, 0.3) is 0 Å². The summed E-state index contributed by atoms with van der Waals surface area (Å²) in [5, 5.41) is 3.65. The molecule has 0 aliphatic heterocycles. The number of carbonyl (C=O) groups is 1. The van der Waals surface area contributed by atoms with Crippen molar-refractivity contribution in [2.75, 3.05) is 25.5 Å². The third kappa shape index (κ3) is 5.08. The zero-order valence-electron chi connectivity index (χ0n) is 13.0. The number of aryl methyl sites for hydroxylation is 1. The van der Waals surface area contributed by atoms with Gasteiger partial charge in [0.25, 0.3) is 5.91 Å². The second-order valence-electron chi connectivity index (χ2n) is 5.21.